The molecule has 1 atom stereocenters. The number of rotatable bonds is 2. The van der Waals surface area contributed by atoms with E-state index in [0.29, 0.717) is 23.5 Å². The zero-order chi connectivity index (χ0) is 14.1. The average molecular weight is 271 g/mol. The fourth-order valence-corrected chi connectivity index (χ4v) is 2.25. The molecule has 2 aromatic rings. The lowest BCUT2D eigenvalue weighted by Gasteiger charge is -2.12. The Labute approximate surface area is 116 Å². The average Bonchev–Trinajstić information content (AvgIpc) is 2.82. The van der Waals surface area contributed by atoms with Crippen LogP contribution in [0.25, 0.3) is 0 Å². The third kappa shape index (κ3) is 2.37. The van der Waals surface area contributed by atoms with Crippen molar-refractivity contribution in [3.8, 4) is 5.75 Å². The fraction of sp³-hybridized carbons (Fsp3) is 0.188. The van der Waals surface area contributed by atoms with Crippen molar-refractivity contribution in [3.63, 3.8) is 0 Å². The number of fused-ring (bicyclic) bond motifs is 1. The van der Waals surface area contributed by atoms with Gasteiger partial charge in [-0.3, -0.25) is 4.79 Å². The Hall–Kier alpha value is -2.36. The number of hydrogen-bond acceptors (Lipinski definition) is 2. The number of ether oxygens (including phenoxy) is 1. The van der Waals surface area contributed by atoms with Crippen LogP contribution >= 0.6 is 0 Å². The quantitative estimate of drug-likeness (QED) is 0.911. The van der Waals surface area contributed by atoms with E-state index in [2.05, 4.69) is 5.32 Å². The zero-order valence-electron chi connectivity index (χ0n) is 11.0. The summed E-state index contributed by atoms with van der Waals surface area (Å²) in [6.45, 7) is 2.29. The van der Waals surface area contributed by atoms with E-state index < -0.39 is 0 Å². The maximum atomic E-state index is 13.3. The van der Waals surface area contributed by atoms with Crippen LogP contribution in [0.1, 0.15) is 27.5 Å². The number of halogens is 1. The normalized spacial score (nSPS) is 16.4. The van der Waals surface area contributed by atoms with Gasteiger partial charge in [0, 0.05) is 11.1 Å². The summed E-state index contributed by atoms with van der Waals surface area (Å²) in [5.41, 5.74) is 2.36. The molecule has 1 unspecified atom stereocenters. The van der Waals surface area contributed by atoms with Crippen LogP contribution in [-0.2, 0) is 0 Å². The molecule has 1 N–H and O–H groups in total. The molecule has 20 heavy (non-hydrogen) atoms. The van der Waals surface area contributed by atoms with E-state index in [1.165, 1.54) is 12.1 Å². The van der Waals surface area contributed by atoms with E-state index in [9.17, 15) is 9.18 Å². The topological polar surface area (TPSA) is 38.3 Å². The molecule has 0 saturated heterocycles. The summed E-state index contributed by atoms with van der Waals surface area (Å²) < 4.78 is 18.7. The number of nitrogens with one attached hydrogen (secondary N) is 1. The molecule has 0 saturated carbocycles. The highest BCUT2D eigenvalue weighted by Gasteiger charge is 2.26. The van der Waals surface area contributed by atoms with Crippen LogP contribution in [0.2, 0.25) is 0 Å². The predicted octanol–water partition coefficient (Wildman–Crippen LogP) is 3.00. The number of amides is 1. The van der Waals surface area contributed by atoms with E-state index in [0.717, 1.165) is 5.56 Å². The molecule has 0 spiro atoms. The predicted molar refractivity (Wildman–Crippen MR) is 73.3 cm³/mol. The Balaban J connectivity index is 1.78. The molecule has 1 aliphatic rings. The van der Waals surface area contributed by atoms with Gasteiger partial charge in [0.25, 0.3) is 5.91 Å². The van der Waals surface area contributed by atoms with Crippen molar-refractivity contribution in [2.75, 3.05) is 6.61 Å². The van der Waals surface area contributed by atoms with Gasteiger partial charge < -0.3 is 10.1 Å². The van der Waals surface area contributed by atoms with Crippen LogP contribution in [0.3, 0.4) is 0 Å². The first-order chi connectivity index (χ1) is 9.63. The first kappa shape index (κ1) is 12.7. The smallest absolute Gasteiger partial charge is 0.251 e. The van der Waals surface area contributed by atoms with Gasteiger partial charge in [0.15, 0.2) is 0 Å². The molecular weight excluding hydrogens is 257 g/mol. The Morgan fingerprint density at radius 3 is 2.75 bits per heavy atom. The fourth-order valence-electron chi connectivity index (χ4n) is 2.25. The molecule has 1 heterocycles. The second-order valence-corrected chi connectivity index (χ2v) is 4.89. The number of aryl methyl sites for hydroxylation is 1. The van der Waals surface area contributed by atoms with Crippen molar-refractivity contribution in [3.05, 3.63) is 65.0 Å². The molecule has 0 bridgehead atoms. The standard InChI is InChI=1S/C16H14FNO2/c1-10-2-4-11(5-3-10)16(19)18-14-9-20-15-7-6-12(17)8-13(14)15/h2-8,14H,9H2,1H3,(H,18,19). The highest BCUT2D eigenvalue weighted by Crippen LogP contribution is 2.32. The Morgan fingerprint density at radius 2 is 2.00 bits per heavy atom. The monoisotopic (exact) mass is 271 g/mol. The lowest BCUT2D eigenvalue weighted by Crippen LogP contribution is -2.29. The van der Waals surface area contributed by atoms with Crippen molar-refractivity contribution >= 4 is 5.91 Å². The van der Waals surface area contributed by atoms with Crippen LogP contribution < -0.4 is 10.1 Å². The highest BCUT2D eigenvalue weighted by molar-refractivity contribution is 5.94. The Bertz CT molecular complexity index is 652. The third-order valence-corrected chi connectivity index (χ3v) is 3.37. The molecule has 0 radical (unpaired) electrons. The minimum Gasteiger partial charge on any atom is -0.491 e. The molecule has 2 aromatic carbocycles. The van der Waals surface area contributed by atoms with Crippen molar-refractivity contribution in [2.24, 2.45) is 0 Å². The molecule has 102 valence electrons. The van der Waals surface area contributed by atoms with E-state index in [-0.39, 0.29) is 17.8 Å². The summed E-state index contributed by atoms with van der Waals surface area (Å²) >= 11 is 0. The maximum Gasteiger partial charge on any atom is 0.251 e. The molecule has 0 aromatic heterocycles. The highest BCUT2D eigenvalue weighted by atomic mass is 19.1. The van der Waals surface area contributed by atoms with E-state index in [4.69, 9.17) is 4.74 Å². The van der Waals surface area contributed by atoms with Crippen LogP contribution in [-0.4, -0.2) is 12.5 Å². The van der Waals surface area contributed by atoms with Crippen LogP contribution in [0.5, 0.6) is 5.75 Å². The van der Waals surface area contributed by atoms with Gasteiger partial charge >= 0.3 is 0 Å². The number of benzene rings is 2. The molecule has 0 fully saturated rings. The first-order valence-corrected chi connectivity index (χ1v) is 6.43. The van der Waals surface area contributed by atoms with Crippen molar-refractivity contribution < 1.29 is 13.9 Å². The van der Waals surface area contributed by atoms with Gasteiger partial charge in [0.2, 0.25) is 0 Å². The third-order valence-electron chi connectivity index (χ3n) is 3.37. The van der Waals surface area contributed by atoms with Gasteiger partial charge in [-0.2, -0.15) is 0 Å². The van der Waals surface area contributed by atoms with E-state index >= 15 is 0 Å². The summed E-state index contributed by atoms with van der Waals surface area (Å²) in [7, 11) is 0. The summed E-state index contributed by atoms with van der Waals surface area (Å²) in [4.78, 5) is 12.1. The molecule has 4 heteroatoms. The summed E-state index contributed by atoms with van der Waals surface area (Å²) in [5, 5.41) is 2.87. The van der Waals surface area contributed by atoms with Gasteiger partial charge in [-0.05, 0) is 37.3 Å². The SMILES string of the molecule is Cc1ccc(C(=O)NC2COc3ccc(F)cc32)cc1. The second kappa shape index (κ2) is 4.96. The lowest BCUT2D eigenvalue weighted by molar-refractivity contribution is 0.0930. The van der Waals surface area contributed by atoms with Gasteiger partial charge in [-0.1, -0.05) is 17.7 Å². The van der Waals surface area contributed by atoms with Gasteiger partial charge in [-0.25, -0.2) is 4.39 Å². The minimum atomic E-state index is -0.330. The molecule has 1 amide bonds. The van der Waals surface area contributed by atoms with Gasteiger partial charge in [-0.15, -0.1) is 0 Å². The molecule has 3 nitrogen and oxygen atoms in total. The number of hydrogen-bond donors (Lipinski definition) is 1. The summed E-state index contributed by atoms with van der Waals surface area (Å²) in [6, 6.07) is 11.3. The minimum absolute atomic E-state index is 0.185. The number of carbonyl (C=O) groups excluding carboxylic acids is 1. The maximum absolute atomic E-state index is 13.3. The van der Waals surface area contributed by atoms with Crippen LogP contribution in [0.15, 0.2) is 42.5 Å². The number of carbonyl (C=O) groups is 1. The summed E-state index contributed by atoms with van der Waals surface area (Å²) in [5.74, 6) is 0.111. The van der Waals surface area contributed by atoms with Crippen LogP contribution in [0, 0.1) is 12.7 Å². The molecular formula is C16H14FNO2. The molecule has 3 rings (SSSR count). The molecule has 1 aliphatic heterocycles. The summed E-state index contributed by atoms with van der Waals surface area (Å²) in [6.07, 6.45) is 0. The first-order valence-electron chi connectivity index (χ1n) is 6.43. The van der Waals surface area contributed by atoms with Crippen molar-refractivity contribution in [1.82, 2.24) is 5.32 Å². The van der Waals surface area contributed by atoms with E-state index in [1.54, 1.807) is 18.2 Å². The van der Waals surface area contributed by atoms with Crippen molar-refractivity contribution in [1.29, 1.82) is 0 Å². The van der Waals surface area contributed by atoms with Crippen LogP contribution in [0.4, 0.5) is 4.39 Å². The van der Waals surface area contributed by atoms with Gasteiger partial charge in [0.1, 0.15) is 18.2 Å². The van der Waals surface area contributed by atoms with Gasteiger partial charge in [0.05, 0.1) is 6.04 Å². The molecule has 0 aliphatic carbocycles. The lowest BCUT2D eigenvalue weighted by atomic mass is 10.1. The zero-order valence-corrected chi connectivity index (χ0v) is 11.0. The Kier molecular flexibility index (Phi) is 3.14. The van der Waals surface area contributed by atoms with Crippen molar-refractivity contribution in [2.45, 2.75) is 13.0 Å². The Morgan fingerprint density at radius 1 is 1.25 bits per heavy atom. The second-order valence-electron chi connectivity index (χ2n) is 4.89. The largest absolute Gasteiger partial charge is 0.491 e. The van der Waals surface area contributed by atoms with E-state index in [1.807, 2.05) is 19.1 Å².